The summed E-state index contributed by atoms with van der Waals surface area (Å²) in [7, 11) is -3.14. The minimum absolute atomic E-state index is 0.0420. The van der Waals surface area contributed by atoms with Gasteiger partial charge in [0.15, 0.2) is 15.6 Å². The first-order valence-electron chi connectivity index (χ1n) is 5.81. The third-order valence-electron chi connectivity index (χ3n) is 2.95. The molecule has 0 atom stereocenters. The molecule has 0 amide bonds. The maximum Gasteiger partial charge on any atom is 0.181 e. The third-order valence-corrected chi connectivity index (χ3v) is 5.23. The van der Waals surface area contributed by atoms with Gasteiger partial charge in [-0.2, -0.15) is 0 Å². The Kier molecular flexibility index (Phi) is 3.08. The lowest BCUT2D eigenvalue weighted by molar-refractivity contribution is 0.0939. The number of hydrogen-bond donors (Lipinski definition) is 0. The lowest BCUT2D eigenvalue weighted by atomic mass is 10.0. The molecular weight excluding hydrogens is 236 g/mol. The van der Waals surface area contributed by atoms with Crippen molar-refractivity contribution in [2.45, 2.75) is 36.8 Å². The number of benzene rings is 1. The van der Waals surface area contributed by atoms with Crippen LogP contribution >= 0.6 is 0 Å². The molecule has 1 saturated carbocycles. The molecule has 1 aliphatic rings. The van der Waals surface area contributed by atoms with Gasteiger partial charge in [0.2, 0.25) is 0 Å². The summed E-state index contributed by atoms with van der Waals surface area (Å²) in [4.78, 5) is 12.0. The molecule has 0 aromatic heterocycles. The van der Waals surface area contributed by atoms with Crippen LogP contribution in [0.1, 0.15) is 37.0 Å². The second-order valence-electron chi connectivity index (χ2n) is 4.79. The molecular formula is C13H16O3S. The van der Waals surface area contributed by atoms with Crippen LogP contribution in [0.15, 0.2) is 29.2 Å². The molecule has 1 aliphatic carbocycles. The van der Waals surface area contributed by atoms with Crippen LogP contribution in [0.2, 0.25) is 0 Å². The quantitative estimate of drug-likeness (QED) is 0.773. The summed E-state index contributed by atoms with van der Waals surface area (Å²) in [5.74, 6) is -0.0266. The van der Waals surface area contributed by atoms with Gasteiger partial charge in [0.05, 0.1) is 10.1 Å². The molecule has 1 aromatic carbocycles. The third kappa shape index (κ3) is 2.41. The Bertz CT molecular complexity index is 522. The Morgan fingerprint density at radius 1 is 1.18 bits per heavy atom. The lowest BCUT2D eigenvalue weighted by Crippen LogP contribution is -2.09. The van der Waals surface area contributed by atoms with E-state index < -0.39 is 9.84 Å². The fraction of sp³-hybridized carbons (Fsp3) is 0.462. The molecule has 0 radical (unpaired) electrons. The Labute approximate surface area is 102 Å². The zero-order valence-electron chi connectivity index (χ0n) is 10.0. The lowest BCUT2D eigenvalue weighted by Gasteiger charge is -2.06. The molecule has 3 nitrogen and oxygen atoms in total. The predicted octanol–water partition coefficient (Wildman–Crippen LogP) is 2.46. The molecule has 0 N–H and O–H groups in total. The van der Waals surface area contributed by atoms with Crippen LogP contribution in [0.4, 0.5) is 0 Å². The van der Waals surface area contributed by atoms with Crippen molar-refractivity contribution in [2.24, 2.45) is 5.92 Å². The van der Waals surface area contributed by atoms with Gasteiger partial charge in [-0.25, -0.2) is 8.42 Å². The molecule has 1 aromatic rings. The van der Waals surface area contributed by atoms with Gasteiger partial charge in [0.1, 0.15) is 0 Å². The van der Waals surface area contributed by atoms with Gasteiger partial charge < -0.3 is 0 Å². The van der Waals surface area contributed by atoms with Crippen molar-refractivity contribution in [3.05, 3.63) is 29.8 Å². The number of Topliss-reactive ketones (excluding diaryl/α,β-unsaturated/α-hetero) is 1. The summed E-state index contributed by atoms with van der Waals surface area (Å²) < 4.78 is 23.8. The highest BCUT2D eigenvalue weighted by atomic mass is 32.2. The zero-order chi connectivity index (χ0) is 12.6. The second kappa shape index (κ2) is 4.26. The monoisotopic (exact) mass is 252 g/mol. The number of ketones is 1. The van der Waals surface area contributed by atoms with E-state index in [0.717, 1.165) is 12.8 Å². The van der Waals surface area contributed by atoms with E-state index in [1.807, 2.05) is 13.8 Å². The summed E-state index contributed by atoms with van der Waals surface area (Å²) in [6, 6.07) is 6.31. The zero-order valence-corrected chi connectivity index (χ0v) is 10.8. The first-order chi connectivity index (χ1) is 7.93. The molecule has 0 aliphatic heterocycles. The summed E-state index contributed by atoms with van der Waals surface area (Å²) in [6.45, 7) is 3.66. The standard InChI is InChI=1S/C13H16O3S/c1-9(2)13(14)10-3-5-11(6-4-10)17(15,16)12-7-8-12/h3-6,9,12H,7-8H2,1-2H3. The summed E-state index contributed by atoms with van der Waals surface area (Å²) in [6.07, 6.45) is 1.52. The number of carbonyl (C=O) groups is 1. The van der Waals surface area contributed by atoms with Crippen molar-refractivity contribution < 1.29 is 13.2 Å². The number of rotatable bonds is 4. The first kappa shape index (κ1) is 12.3. The molecule has 17 heavy (non-hydrogen) atoms. The molecule has 0 saturated heterocycles. The minimum Gasteiger partial charge on any atom is -0.294 e. The van der Waals surface area contributed by atoms with Crippen molar-refractivity contribution in [2.75, 3.05) is 0 Å². The van der Waals surface area contributed by atoms with Gasteiger partial charge in [-0.15, -0.1) is 0 Å². The number of hydrogen-bond acceptors (Lipinski definition) is 3. The highest BCUT2D eigenvalue weighted by Gasteiger charge is 2.36. The maximum atomic E-state index is 11.9. The van der Waals surface area contributed by atoms with E-state index in [2.05, 4.69) is 0 Å². The van der Waals surface area contributed by atoms with Gasteiger partial charge in [-0.1, -0.05) is 26.0 Å². The van der Waals surface area contributed by atoms with Crippen LogP contribution < -0.4 is 0 Å². The number of sulfone groups is 1. The largest absolute Gasteiger partial charge is 0.294 e. The summed E-state index contributed by atoms with van der Waals surface area (Å²) in [5.41, 5.74) is 0.578. The fourth-order valence-corrected chi connectivity index (χ4v) is 3.37. The molecule has 0 spiro atoms. The molecule has 0 unspecified atom stereocenters. The number of carbonyl (C=O) groups excluding carboxylic acids is 1. The van der Waals surface area contributed by atoms with Crippen LogP contribution in [-0.4, -0.2) is 19.5 Å². The van der Waals surface area contributed by atoms with E-state index in [4.69, 9.17) is 0 Å². The SMILES string of the molecule is CC(C)C(=O)c1ccc(S(=O)(=O)C2CC2)cc1. The first-order valence-corrected chi connectivity index (χ1v) is 7.35. The van der Waals surface area contributed by atoms with Crippen molar-refractivity contribution in [3.63, 3.8) is 0 Å². The highest BCUT2D eigenvalue weighted by molar-refractivity contribution is 7.92. The molecule has 92 valence electrons. The van der Waals surface area contributed by atoms with Gasteiger partial charge in [0.25, 0.3) is 0 Å². The van der Waals surface area contributed by atoms with Crippen molar-refractivity contribution in [3.8, 4) is 0 Å². The smallest absolute Gasteiger partial charge is 0.181 e. The Morgan fingerprint density at radius 2 is 1.71 bits per heavy atom. The molecule has 0 heterocycles. The Morgan fingerprint density at radius 3 is 2.12 bits per heavy atom. The van der Waals surface area contributed by atoms with Crippen LogP contribution in [0.5, 0.6) is 0 Å². The van der Waals surface area contributed by atoms with Crippen molar-refractivity contribution in [1.82, 2.24) is 0 Å². The molecule has 4 heteroatoms. The Hall–Kier alpha value is -1.16. The van der Waals surface area contributed by atoms with E-state index >= 15 is 0 Å². The van der Waals surface area contributed by atoms with Crippen LogP contribution in [0.3, 0.4) is 0 Å². The fourth-order valence-electron chi connectivity index (χ4n) is 1.71. The summed E-state index contributed by atoms with van der Waals surface area (Å²) in [5, 5.41) is -0.200. The van der Waals surface area contributed by atoms with E-state index in [1.54, 1.807) is 24.3 Å². The van der Waals surface area contributed by atoms with Crippen LogP contribution in [0, 0.1) is 5.92 Å². The van der Waals surface area contributed by atoms with E-state index in [-0.39, 0.29) is 17.0 Å². The average Bonchev–Trinajstić information content (AvgIpc) is 3.12. The highest BCUT2D eigenvalue weighted by Crippen LogP contribution is 2.33. The molecule has 0 bridgehead atoms. The van der Waals surface area contributed by atoms with E-state index in [1.165, 1.54) is 0 Å². The average molecular weight is 252 g/mol. The van der Waals surface area contributed by atoms with Gasteiger partial charge >= 0.3 is 0 Å². The normalized spacial score (nSPS) is 16.2. The topological polar surface area (TPSA) is 51.2 Å². The minimum atomic E-state index is -3.14. The van der Waals surface area contributed by atoms with E-state index in [0.29, 0.717) is 10.5 Å². The van der Waals surface area contributed by atoms with E-state index in [9.17, 15) is 13.2 Å². The van der Waals surface area contributed by atoms with Crippen LogP contribution in [0.25, 0.3) is 0 Å². The van der Waals surface area contributed by atoms with Gasteiger partial charge in [0, 0.05) is 11.5 Å². The molecule has 2 rings (SSSR count). The van der Waals surface area contributed by atoms with Gasteiger partial charge in [-0.3, -0.25) is 4.79 Å². The summed E-state index contributed by atoms with van der Waals surface area (Å²) >= 11 is 0. The predicted molar refractivity (Wildman–Crippen MR) is 65.8 cm³/mol. The van der Waals surface area contributed by atoms with Crippen molar-refractivity contribution in [1.29, 1.82) is 0 Å². The van der Waals surface area contributed by atoms with Gasteiger partial charge in [-0.05, 0) is 25.0 Å². The van der Waals surface area contributed by atoms with Crippen LogP contribution in [-0.2, 0) is 9.84 Å². The second-order valence-corrected chi connectivity index (χ2v) is 7.02. The maximum absolute atomic E-state index is 11.9. The molecule has 1 fully saturated rings. The van der Waals surface area contributed by atoms with Crippen molar-refractivity contribution >= 4 is 15.6 Å². The Balaban J connectivity index is 2.27.